The summed E-state index contributed by atoms with van der Waals surface area (Å²) in [5.74, 6) is 2.69. The third-order valence-corrected chi connectivity index (χ3v) is 21.7. The quantitative estimate of drug-likeness (QED) is 0.0879. The van der Waals surface area contributed by atoms with Gasteiger partial charge >= 0.3 is 0 Å². The van der Waals surface area contributed by atoms with Gasteiger partial charge in [-0.2, -0.15) is 0 Å². The summed E-state index contributed by atoms with van der Waals surface area (Å²) in [5, 5.41) is 142. The molecule has 0 amide bonds. The van der Waals surface area contributed by atoms with Crippen LogP contribution in [0.5, 0.6) is 0 Å². The van der Waals surface area contributed by atoms with Gasteiger partial charge in [0.25, 0.3) is 0 Å². The molecule has 11 fully saturated rings. The molecule has 4 aliphatic carbocycles. The average Bonchev–Trinajstić information content (AvgIpc) is 4.13. The molecule has 25 nitrogen and oxygen atoms in total. The Bertz CT molecular complexity index is 2080. The zero-order valence-electron chi connectivity index (χ0n) is 46.3. The van der Waals surface area contributed by atoms with E-state index in [0.717, 1.165) is 58.0 Å². The van der Waals surface area contributed by atoms with E-state index in [2.05, 4.69) is 27.7 Å². The molecule has 4 saturated carbocycles. The van der Waals surface area contributed by atoms with Crippen LogP contribution >= 0.6 is 0 Å². The minimum absolute atomic E-state index is 0.0136. The van der Waals surface area contributed by atoms with Gasteiger partial charge in [0.1, 0.15) is 104 Å². The largest absolute Gasteiger partial charge is 0.394 e. The molecular formula is C55H90O25. The maximum atomic E-state index is 12.6. The number of ether oxygens (including phenoxy) is 12. The standard InChI is InChI=1S/C55H90O25/c1-21-8-13-55(71-18-21)22(2)34-31(80-55)15-28-26-7-6-24-14-25(9-11-53(24,4)27(26)10-12-54(28,34)5)73-51-46(78-50-42(67)39(64)35(60)23(3)72-50)43(68)44(33(17-57)75-51)76-52-47(79-49-41(66)37(62)30(59)20-70-49)45(38(63)32(16-56)74-52)77-48-40(65)36(61)29(58)19-69-48/h21-52,56-68H,6-20H2,1-5H3/t21-,22+,23+,24+,25+,26-,27+,28+,29-,30-,31+,32-,33-,34+,35+,36+,37+,38-,39-,40-,41-,42-,43+,44-,45+,46-,47-,48+,49+,50+,51-,52+,53+,54+,55-/m1/s1. The summed E-state index contributed by atoms with van der Waals surface area (Å²) in [5.41, 5.74) is 0.170. The Morgan fingerprint density at radius 1 is 0.475 bits per heavy atom. The highest BCUT2D eigenvalue weighted by Gasteiger charge is 2.69. The number of aliphatic hydroxyl groups is 13. The van der Waals surface area contributed by atoms with E-state index in [9.17, 15) is 66.4 Å². The van der Waals surface area contributed by atoms with Crippen LogP contribution < -0.4 is 0 Å². The smallest absolute Gasteiger partial charge is 0.187 e. The summed E-state index contributed by atoms with van der Waals surface area (Å²) in [6.07, 6.45) is -29.8. The van der Waals surface area contributed by atoms with E-state index in [1.165, 1.54) is 6.92 Å². The Morgan fingerprint density at radius 2 is 1.07 bits per heavy atom. The second kappa shape index (κ2) is 23.6. The van der Waals surface area contributed by atoms with Gasteiger partial charge in [-0.1, -0.05) is 27.7 Å². The van der Waals surface area contributed by atoms with Gasteiger partial charge in [-0.3, -0.25) is 0 Å². The first-order chi connectivity index (χ1) is 38.0. The van der Waals surface area contributed by atoms with Crippen molar-refractivity contribution >= 4 is 0 Å². The SMILES string of the molecule is C[C@@H]1CC[C@@]2(OC1)O[C@H]1C[C@H]3[C@@H]4CC[C@H]5C[C@@H](O[C@@H]6O[C@H](CO)[C@@H](O[C@@H]7O[C@H](CO)[C@@H](O)[C@H](O[C@@H]8OC[C@@H](O)[C@H](O)[C@H]8O)[C@H]7O[C@@H]7OC[C@@H](O)[C@H](O)[C@H]7O)[C@H](O)[C@H]6O[C@@H]6O[C@@H](C)[C@H](O)[C@@H](O)[C@H]6O)CC[C@]5(C)[C@H]4CC[C@]3(C)[C@H]1[C@@H]2C. The zero-order chi connectivity index (χ0) is 57.1. The average molecular weight is 1150 g/mol. The van der Waals surface area contributed by atoms with Crippen LogP contribution in [0.2, 0.25) is 0 Å². The number of hydrogen-bond donors (Lipinski definition) is 13. The summed E-state index contributed by atoms with van der Waals surface area (Å²) in [6, 6.07) is 0. The Morgan fingerprint density at radius 3 is 1.73 bits per heavy atom. The minimum Gasteiger partial charge on any atom is -0.394 e. The van der Waals surface area contributed by atoms with Crippen LogP contribution in [-0.2, 0) is 56.8 Å². The van der Waals surface area contributed by atoms with Gasteiger partial charge in [0, 0.05) is 12.3 Å². The van der Waals surface area contributed by atoms with Crippen LogP contribution in [0, 0.1) is 52.3 Å². The monoisotopic (exact) mass is 1150 g/mol. The van der Waals surface area contributed by atoms with Gasteiger partial charge in [0.05, 0.1) is 51.3 Å². The third-order valence-electron chi connectivity index (χ3n) is 21.7. The minimum atomic E-state index is -1.93. The summed E-state index contributed by atoms with van der Waals surface area (Å²) in [4.78, 5) is 0. The molecule has 35 atom stereocenters. The van der Waals surface area contributed by atoms with E-state index in [1.807, 2.05) is 0 Å². The Balaban J connectivity index is 0.830. The Labute approximate surface area is 465 Å². The molecule has 7 heterocycles. The molecule has 0 aromatic rings. The summed E-state index contributed by atoms with van der Waals surface area (Å²) >= 11 is 0. The van der Waals surface area contributed by atoms with Crippen molar-refractivity contribution in [3.63, 3.8) is 0 Å². The lowest BCUT2D eigenvalue weighted by atomic mass is 9.44. The Kier molecular flexibility index (Phi) is 17.9. The molecule has 0 radical (unpaired) electrons. The van der Waals surface area contributed by atoms with Crippen LogP contribution in [0.4, 0.5) is 0 Å². The maximum Gasteiger partial charge on any atom is 0.187 e. The van der Waals surface area contributed by atoms with E-state index in [-0.39, 0.29) is 22.9 Å². The normalized spacial score (nSPS) is 58.1. The summed E-state index contributed by atoms with van der Waals surface area (Å²) in [7, 11) is 0. The van der Waals surface area contributed by atoms with Gasteiger partial charge in [-0.05, 0) is 111 Å². The van der Waals surface area contributed by atoms with Gasteiger partial charge in [-0.15, -0.1) is 0 Å². The fraction of sp³-hybridized carbons (Fsp3) is 1.00. The number of hydrogen-bond acceptors (Lipinski definition) is 25. The van der Waals surface area contributed by atoms with Crippen molar-refractivity contribution in [3.05, 3.63) is 0 Å². The zero-order valence-corrected chi connectivity index (χ0v) is 46.3. The van der Waals surface area contributed by atoms with E-state index < -0.39 is 180 Å². The van der Waals surface area contributed by atoms with Crippen molar-refractivity contribution in [2.24, 2.45) is 52.3 Å². The highest BCUT2D eigenvalue weighted by molar-refractivity contribution is 5.16. The van der Waals surface area contributed by atoms with Crippen molar-refractivity contribution in [1.29, 1.82) is 0 Å². The predicted octanol–water partition coefficient (Wildman–Crippen LogP) is -2.78. The van der Waals surface area contributed by atoms with Gasteiger partial charge in [0.15, 0.2) is 37.2 Å². The molecule has 0 bridgehead atoms. The molecule has 0 aromatic heterocycles. The molecule has 80 heavy (non-hydrogen) atoms. The fourth-order valence-corrected chi connectivity index (χ4v) is 17.0. The number of fused-ring (bicyclic) bond motifs is 7. The van der Waals surface area contributed by atoms with Crippen LogP contribution in [0.25, 0.3) is 0 Å². The molecule has 11 aliphatic rings. The molecule has 7 saturated heterocycles. The van der Waals surface area contributed by atoms with Gasteiger partial charge in [-0.25, -0.2) is 0 Å². The first-order valence-electron chi connectivity index (χ1n) is 29.5. The van der Waals surface area contributed by atoms with Crippen LogP contribution in [0.15, 0.2) is 0 Å². The highest BCUT2D eigenvalue weighted by Crippen LogP contribution is 2.71. The van der Waals surface area contributed by atoms with Crippen molar-refractivity contribution in [2.45, 2.75) is 258 Å². The van der Waals surface area contributed by atoms with Crippen molar-refractivity contribution < 1.29 is 123 Å². The molecule has 0 aromatic carbocycles. The topological polar surface area (TPSA) is 374 Å². The molecule has 11 rings (SSSR count). The summed E-state index contributed by atoms with van der Waals surface area (Å²) in [6.45, 7) is 8.99. The second-order valence-electron chi connectivity index (χ2n) is 26.2. The van der Waals surface area contributed by atoms with Crippen molar-refractivity contribution in [2.75, 3.05) is 33.0 Å². The van der Waals surface area contributed by atoms with Crippen molar-refractivity contribution in [3.8, 4) is 0 Å². The maximum absolute atomic E-state index is 12.6. The molecule has 1 spiro atoms. The molecule has 25 heteroatoms. The first-order valence-corrected chi connectivity index (χ1v) is 29.5. The number of rotatable bonds is 12. The molecule has 7 aliphatic heterocycles. The Hall–Kier alpha value is -1.00. The highest BCUT2D eigenvalue weighted by atomic mass is 16.8. The number of aliphatic hydroxyl groups excluding tert-OH is 13. The molecule has 460 valence electrons. The molecular weight excluding hydrogens is 1060 g/mol. The van der Waals surface area contributed by atoms with Gasteiger partial charge < -0.3 is 123 Å². The van der Waals surface area contributed by atoms with E-state index in [4.69, 9.17) is 56.8 Å². The fourth-order valence-electron chi connectivity index (χ4n) is 17.0. The van der Waals surface area contributed by atoms with E-state index >= 15 is 0 Å². The van der Waals surface area contributed by atoms with Crippen LogP contribution in [-0.4, -0.2) is 259 Å². The van der Waals surface area contributed by atoms with Crippen LogP contribution in [0.3, 0.4) is 0 Å². The second-order valence-corrected chi connectivity index (χ2v) is 26.2. The predicted molar refractivity (Wildman–Crippen MR) is 267 cm³/mol. The summed E-state index contributed by atoms with van der Waals surface area (Å²) < 4.78 is 74.8. The van der Waals surface area contributed by atoms with E-state index in [0.29, 0.717) is 48.3 Å². The first kappa shape index (κ1) is 60.7. The molecule has 13 N–H and O–H groups in total. The lowest BCUT2D eigenvalue weighted by Gasteiger charge is -2.61. The molecule has 0 unspecified atom stereocenters. The van der Waals surface area contributed by atoms with Crippen molar-refractivity contribution in [1.82, 2.24) is 0 Å². The van der Waals surface area contributed by atoms with Crippen LogP contribution in [0.1, 0.15) is 98.8 Å². The third kappa shape index (κ3) is 10.6. The lowest BCUT2D eigenvalue weighted by Crippen LogP contribution is -2.68. The lowest BCUT2D eigenvalue weighted by molar-refractivity contribution is -0.408. The van der Waals surface area contributed by atoms with E-state index in [1.54, 1.807) is 0 Å². The van der Waals surface area contributed by atoms with Gasteiger partial charge in [0.2, 0.25) is 0 Å².